The van der Waals surface area contributed by atoms with E-state index in [2.05, 4.69) is 9.72 Å². The number of fused-ring (bicyclic) bond motifs is 1. The average molecular weight is 334 g/mol. The van der Waals surface area contributed by atoms with Gasteiger partial charge in [-0.05, 0) is 18.2 Å². The van der Waals surface area contributed by atoms with Crippen LogP contribution < -0.4 is 4.74 Å². The van der Waals surface area contributed by atoms with Gasteiger partial charge in [0.25, 0.3) is 11.8 Å². The highest BCUT2D eigenvalue weighted by Gasteiger charge is 2.38. The van der Waals surface area contributed by atoms with Gasteiger partial charge < -0.3 is 9.57 Å². The molecule has 2 amide bonds. The third-order valence-electron chi connectivity index (χ3n) is 3.11. The highest BCUT2D eigenvalue weighted by molar-refractivity contribution is 6.21. The molecule has 9 heteroatoms. The van der Waals surface area contributed by atoms with E-state index in [4.69, 9.17) is 4.84 Å². The predicted octanol–water partition coefficient (Wildman–Crippen LogP) is 2.05. The monoisotopic (exact) mass is 334 g/mol. The Morgan fingerprint density at radius 3 is 2.29 bits per heavy atom. The van der Waals surface area contributed by atoms with E-state index in [0.717, 1.165) is 12.3 Å². The first-order valence-corrected chi connectivity index (χ1v) is 6.58. The highest BCUT2D eigenvalue weighted by atomic mass is 19.3. The molecule has 2 heterocycles. The minimum Gasteiger partial charge on any atom is -0.417 e. The van der Waals surface area contributed by atoms with E-state index in [0.29, 0.717) is 5.06 Å². The molecule has 1 aliphatic heterocycles. The topological polar surface area (TPSA) is 85.8 Å². The fraction of sp³-hybridized carbons (Fsp3) is 0.0667. The molecule has 24 heavy (non-hydrogen) atoms. The van der Waals surface area contributed by atoms with Gasteiger partial charge in [-0.25, -0.2) is 9.78 Å². The van der Waals surface area contributed by atoms with Crippen LogP contribution in [0.2, 0.25) is 0 Å². The molecule has 0 N–H and O–H groups in total. The molecule has 0 radical (unpaired) electrons. The van der Waals surface area contributed by atoms with Crippen molar-refractivity contribution in [1.82, 2.24) is 10.0 Å². The normalized spacial score (nSPS) is 13.2. The second kappa shape index (κ2) is 6.03. The molecule has 2 aromatic rings. The zero-order valence-electron chi connectivity index (χ0n) is 11.8. The van der Waals surface area contributed by atoms with Crippen molar-refractivity contribution in [3.63, 3.8) is 0 Å². The third-order valence-corrected chi connectivity index (χ3v) is 3.11. The van der Waals surface area contributed by atoms with E-state index in [-0.39, 0.29) is 16.7 Å². The van der Waals surface area contributed by atoms with Crippen molar-refractivity contribution in [3.05, 3.63) is 59.3 Å². The van der Waals surface area contributed by atoms with Crippen LogP contribution in [-0.2, 0) is 4.84 Å². The average Bonchev–Trinajstić information content (AvgIpc) is 2.80. The fourth-order valence-electron chi connectivity index (χ4n) is 2.08. The van der Waals surface area contributed by atoms with Gasteiger partial charge in [0.1, 0.15) is 0 Å². The number of nitrogens with zero attached hydrogens (tertiary/aromatic N) is 2. The second-order valence-electron chi connectivity index (χ2n) is 4.59. The number of carbonyl (C=O) groups excluding carboxylic acids is 3. The molecule has 1 aromatic carbocycles. The van der Waals surface area contributed by atoms with Crippen LogP contribution in [0.5, 0.6) is 5.88 Å². The summed E-state index contributed by atoms with van der Waals surface area (Å²) in [5.41, 5.74) is -0.00397. The zero-order valence-corrected chi connectivity index (χ0v) is 11.8. The van der Waals surface area contributed by atoms with Crippen LogP contribution >= 0.6 is 0 Å². The van der Waals surface area contributed by atoms with Gasteiger partial charge in [-0.2, -0.15) is 8.78 Å². The molecule has 1 aliphatic rings. The summed E-state index contributed by atoms with van der Waals surface area (Å²) in [6, 6.07) is 8.04. The fourth-order valence-corrected chi connectivity index (χ4v) is 2.08. The number of hydrogen-bond donors (Lipinski definition) is 0. The van der Waals surface area contributed by atoms with E-state index >= 15 is 0 Å². The molecule has 0 saturated heterocycles. The van der Waals surface area contributed by atoms with Crippen molar-refractivity contribution in [3.8, 4) is 5.88 Å². The van der Waals surface area contributed by atoms with Gasteiger partial charge in [0, 0.05) is 12.3 Å². The number of benzene rings is 1. The number of rotatable bonds is 4. The maximum Gasteiger partial charge on any atom is 0.388 e. The van der Waals surface area contributed by atoms with Gasteiger partial charge in [-0.15, -0.1) is 0 Å². The molecule has 0 spiro atoms. The number of pyridine rings is 1. The lowest BCUT2D eigenvalue weighted by Crippen LogP contribution is -2.32. The maximum atomic E-state index is 12.2. The molecule has 0 bridgehead atoms. The van der Waals surface area contributed by atoms with Crippen molar-refractivity contribution in [2.75, 3.05) is 0 Å². The van der Waals surface area contributed by atoms with E-state index in [1.165, 1.54) is 18.2 Å². The first-order chi connectivity index (χ1) is 11.5. The molecule has 0 unspecified atom stereocenters. The van der Waals surface area contributed by atoms with Gasteiger partial charge in [-0.3, -0.25) is 9.59 Å². The first kappa shape index (κ1) is 15.5. The highest BCUT2D eigenvalue weighted by Crippen LogP contribution is 2.23. The van der Waals surface area contributed by atoms with E-state index < -0.39 is 30.3 Å². The van der Waals surface area contributed by atoms with Crippen LogP contribution in [0.15, 0.2) is 42.6 Å². The Kier molecular flexibility index (Phi) is 3.90. The molecule has 0 aliphatic carbocycles. The van der Waals surface area contributed by atoms with Crippen LogP contribution in [0.25, 0.3) is 0 Å². The van der Waals surface area contributed by atoms with Crippen molar-refractivity contribution in [2.24, 2.45) is 0 Å². The number of carbonyl (C=O) groups is 3. The van der Waals surface area contributed by atoms with Gasteiger partial charge in [0.2, 0.25) is 5.88 Å². The number of imide groups is 1. The third kappa shape index (κ3) is 2.78. The summed E-state index contributed by atoms with van der Waals surface area (Å²) in [4.78, 5) is 44.5. The number of hydrogen-bond acceptors (Lipinski definition) is 6. The summed E-state index contributed by atoms with van der Waals surface area (Å²) in [5, 5.41) is 0.321. The Morgan fingerprint density at radius 1 is 1.08 bits per heavy atom. The lowest BCUT2D eigenvalue weighted by atomic mass is 10.1. The number of hydroxylamine groups is 2. The van der Waals surface area contributed by atoms with Crippen molar-refractivity contribution in [2.45, 2.75) is 6.61 Å². The summed E-state index contributed by atoms with van der Waals surface area (Å²) in [7, 11) is 0. The quantitative estimate of drug-likeness (QED) is 0.796. The van der Waals surface area contributed by atoms with E-state index in [1.807, 2.05) is 0 Å². The zero-order chi connectivity index (χ0) is 17.3. The number of aromatic nitrogens is 1. The number of halogens is 2. The Bertz CT molecular complexity index is 805. The van der Waals surface area contributed by atoms with Gasteiger partial charge in [0.05, 0.1) is 16.7 Å². The molecule has 1 aromatic heterocycles. The lowest BCUT2D eigenvalue weighted by Gasteiger charge is -2.12. The van der Waals surface area contributed by atoms with Crippen molar-refractivity contribution < 1.29 is 32.7 Å². The van der Waals surface area contributed by atoms with Gasteiger partial charge in [0.15, 0.2) is 0 Å². The van der Waals surface area contributed by atoms with Crippen LogP contribution in [0.1, 0.15) is 31.1 Å². The molecule has 7 nitrogen and oxygen atoms in total. The minimum absolute atomic E-state index is 0.103. The van der Waals surface area contributed by atoms with Gasteiger partial charge >= 0.3 is 12.6 Å². The maximum absolute atomic E-state index is 12.2. The summed E-state index contributed by atoms with van der Waals surface area (Å²) >= 11 is 0. The SMILES string of the molecule is O=C(ON1C(=O)c2ccccc2C1=O)c1ccnc(OC(F)F)c1. The first-order valence-electron chi connectivity index (χ1n) is 6.58. The largest absolute Gasteiger partial charge is 0.417 e. The second-order valence-corrected chi connectivity index (χ2v) is 4.59. The van der Waals surface area contributed by atoms with Crippen LogP contribution in [0.3, 0.4) is 0 Å². The Balaban J connectivity index is 1.79. The Hall–Kier alpha value is -3.36. The molecule has 3 rings (SSSR count). The molecule has 122 valence electrons. The Labute approximate surface area is 133 Å². The van der Waals surface area contributed by atoms with Crippen molar-refractivity contribution in [1.29, 1.82) is 0 Å². The molecular formula is C15H8F2N2O5. The molecule has 0 atom stereocenters. The number of amides is 2. The van der Waals surface area contributed by atoms with Crippen LogP contribution in [-0.4, -0.2) is 34.4 Å². The minimum atomic E-state index is -3.11. The van der Waals surface area contributed by atoms with Crippen molar-refractivity contribution >= 4 is 17.8 Å². The Morgan fingerprint density at radius 2 is 1.71 bits per heavy atom. The number of ether oxygens (including phenoxy) is 1. The van der Waals surface area contributed by atoms with Gasteiger partial charge in [-0.1, -0.05) is 17.2 Å². The van der Waals surface area contributed by atoms with Crippen LogP contribution in [0, 0.1) is 0 Å². The lowest BCUT2D eigenvalue weighted by molar-refractivity contribution is -0.0590. The van der Waals surface area contributed by atoms with E-state index in [1.54, 1.807) is 12.1 Å². The number of alkyl halides is 2. The summed E-state index contributed by atoms with van der Waals surface area (Å²) in [6.07, 6.45) is 1.05. The van der Waals surface area contributed by atoms with E-state index in [9.17, 15) is 23.2 Å². The summed E-state index contributed by atoms with van der Waals surface area (Å²) in [6.45, 7) is -3.11. The van der Waals surface area contributed by atoms with Crippen LogP contribution in [0.4, 0.5) is 8.78 Å². The summed E-state index contributed by atoms with van der Waals surface area (Å²) in [5.74, 6) is -3.17. The smallest absolute Gasteiger partial charge is 0.388 e. The standard InChI is InChI=1S/C15H8F2N2O5/c16-15(17)23-11-7-8(5-6-18-11)14(22)24-19-12(20)9-3-1-2-4-10(9)13(19)21/h1-7,15H. The molecule has 0 saturated carbocycles. The molecule has 0 fully saturated rings. The summed E-state index contributed by atoms with van der Waals surface area (Å²) < 4.78 is 28.4. The molecular weight excluding hydrogens is 326 g/mol. The predicted molar refractivity (Wildman–Crippen MR) is 73.2 cm³/mol.